The van der Waals surface area contributed by atoms with Crippen LogP contribution in [-0.2, 0) is 14.4 Å². The minimum atomic E-state index is -0.909. The molecular weight excluding hydrogens is 633 g/mol. The molecule has 3 aromatic rings. The van der Waals surface area contributed by atoms with E-state index in [9.17, 15) is 28.4 Å². The van der Waals surface area contributed by atoms with Crippen molar-refractivity contribution in [2.45, 2.75) is 33.6 Å². The topological polar surface area (TPSA) is 132 Å². The van der Waals surface area contributed by atoms with Crippen LogP contribution in [0.2, 0.25) is 0 Å². The second-order valence-corrected chi connectivity index (χ2v) is 12.8. The van der Waals surface area contributed by atoms with Gasteiger partial charge in [0.25, 0.3) is 5.91 Å². The van der Waals surface area contributed by atoms with Gasteiger partial charge in [0.2, 0.25) is 5.91 Å². The van der Waals surface area contributed by atoms with Crippen LogP contribution in [-0.4, -0.2) is 67.7 Å². The molecule has 5 rings (SSSR count). The van der Waals surface area contributed by atoms with Crippen molar-refractivity contribution in [2.75, 3.05) is 43.5 Å². The Kier molecular flexibility index (Phi) is 10.6. The molecule has 11 nitrogen and oxygen atoms in total. The summed E-state index contributed by atoms with van der Waals surface area (Å²) in [5, 5.41) is 2.71. The number of carbonyl (C=O) groups excluding carboxylic acids is 5. The van der Waals surface area contributed by atoms with Gasteiger partial charge in [-0.3, -0.25) is 14.4 Å². The van der Waals surface area contributed by atoms with Crippen LogP contribution in [0, 0.1) is 17.2 Å². The number of Topliss-reactive ketones (excluding diaryl/α,β-unsaturated/α-hetero) is 1. The van der Waals surface area contributed by atoms with E-state index in [0.29, 0.717) is 49.5 Å². The van der Waals surface area contributed by atoms with Gasteiger partial charge in [0.05, 0.1) is 24.0 Å². The van der Waals surface area contributed by atoms with E-state index in [-0.39, 0.29) is 41.0 Å². The van der Waals surface area contributed by atoms with Gasteiger partial charge in [-0.1, -0.05) is 32.9 Å². The first-order valence-electron chi connectivity index (χ1n) is 15.9. The number of nitrogens with zero attached hydrogens (tertiary/aromatic N) is 2. The third-order valence-corrected chi connectivity index (χ3v) is 8.38. The van der Waals surface area contributed by atoms with Crippen LogP contribution in [0.3, 0.4) is 0 Å². The molecule has 1 N–H and O–H groups in total. The monoisotopic (exact) mass is 671 g/mol. The minimum Gasteiger partial charge on any atom is -0.495 e. The largest absolute Gasteiger partial charge is 0.495 e. The van der Waals surface area contributed by atoms with Crippen molar-refractivity contribution in [3.8, 4) is 17.2 Å². The summed E-state index contributed by atoms with van der Waals surface area (Å²) in [4.78, 5) is 69.3. The van der Waals surface area contributed by atoms with Crippen LogP contribution in [0.1, 0.15) is 54.3 Å². The molecule has 1 fully saturated rings. The van der Waals surface area contributed by atoms with E-state index in [0.717, 1.165) is 12.2 Å². The first-order chi connectivity index (χ1) is 23.3. The van der Waals surface area contributed by atoms with Crippen molar-refractivity contribution >= 4 is 40.9 Å². The fourth-order valence-corrected chi connectivity index (χ4v) is 5.59. The number of benzene rings is 3. The number of nitrogens with one attached hydrogen (secondary N) is 1. The molecule has 0 spiro atoms. The van der Waals surface area contributed by atoms with Crippen LogP contribution < -0.4 is 24.4 Å². The lowest BCUT2D eigenvalue weighted by molar-refractivity contribution is -0.133. The molecule has 3 aromatic carbocycles. The molecule has 1 saturated heterocycles. The Morgan fingerprint density at radius 3 is 2.18 bits per heavy atom. The van der Waals surface area contributed by atoms with Gasteiger partial charge in [-0.2, -0.15) is 0 Å². The molecule has 0 bridgehead atoms. The zero-order chi connectivity index (χ0) is 35.3. The van der Waals surface area contributed by atoms with Crippen molar-refractivity contribution in [3.63, 3.8) is 0 Å². The lowest BCUT2D eigenvalue weighted by Crippen LogP contribution is -2.43. The van der Waals surface area contributed by atoms with Gasteiger partial charge in [0, 0.05) is 42.1 Å². The minimum absolute atomic E-state index is 0.0193. The predicted molar refractivity (Wildman–Crippen MR) is 180 cm³/mol. The highest BCUT2D eigenvalue weighted by Gasteiger charge is 2.33. The van der Waals surface area contributed by atoms with Gasteiger partial charge in [-0.25, -0.2) is 14.0 Å². The van der Waals surface area contributed by atoms with E-state index in [2.05, 4.69) is 10.2 Å². The molecule has 0 aromatic heterocycles. The summed E-state index contributed by atoms with van der Waals surface area (Å²) in [6.07, 6.45) is 2.99. The number of fused-ring (bicyclic) bond motifs is 1. The normalized spacial score (nSPS) is 15.9. The maximum Gasteiger partial charge on any atom is 0.336 e. The molecule has 2 amide bonds. The highest BCUT2D eigenvalue weighted by molar-refractivity contribution is 6.11. The number of ether oxygens (including phenoxy) is 3. The van der Waals surface area contributed by atoms with Gasteiger partial charge >= 0.3 is 11.9 Å². The van der Waals surface area contributed by atoms with E-state index < -0.39 is 35.0 Å². The molecule has 0 unspecified atom stereocenters. The highest BCUT2D eigenvalue weighted by Crippen LogP contribution is 2.42. The van der Waals surface area contributed by atoms with Gasteiger partial charge in [0.15, 0.2) is 17.3 Å². The van der Waals surface area contributed by atoms with E-state index in [1.54, 1.807) is 45.0 Å². The van der Waals surface area contributed by atoms with Crippen LogP contribution in [0.15, 0.2) is 72.8 Å². The number of rotatable bonds is 9. The average molecular weight is 672 g/mol. The Morgan fingerprint density at radius 2 is 1.55 bits per heavy atom. The van der Waals surface area contributed by atoms with Gasteiger partial charge in [-0.15, -0.1) is 0 Å². The molecule has 49 heavy (non-hydrogen) atoms. The van der Waals surface area contributed by atoms with Crippen LogP contribution >= 0.6 is 0 Å². The van der Waals surface area contributed by atoms with Gasteiger partial charge in [-0.05, 0) is 74.5 Å². The molecule has 0 atom stereocenters. The molecule has 0 aliphatic carbocycles. The Labute approximate surface area is 283 Å². The standard InChI is InChI=1S/C37H38FN3O8/c1-37(2,3)36(46)39-27-14-13-26(33-34(27)49-31(43)16-15-30(42)48-33)35(45)41(28-7-5-6-8-29(28)47-4)22-21-40-19-17-24(18-20-40)32(44)23-9-11-25(38)12-10-23/h5-16,24H,17-22H2,1-4H3,(H,39,46)/b16-15+. The number of anilines is 2. The molecule has 12 heteroatoms. The van der Waals surface area contributed by atoms with Gasteiger partial charge < -0.3 is 29.3 Å². The lowest BCUT2D eigenvalue weighted by Gasteiger charge is -2.33. The Balaban J connectivity index is 1.43. The summed E-state index contributed by atoms with van der Waals surface area (Å²) in [7, 11) is 1.49. The number of carbonyl (C=O) groups is 5. The first-order valence-corrected chi connectivity index (χ1v) is 15.9. The second kappa shape index (κ2) is 14.8. The zero-order valence-corrected chi connectivity index (χ0v) is 27.8. The predicted octanol–water partition coefficient (Wildman–Crippen LogP) is 5.44. The van der Waals surface area contributed by atoms with Crippen molar-refractivity contribution < 1.29 is 42.6 Å². The van der Waals surface area contributed by atoms with Gasteiger partial charge in [0.1, 0.15) is 11.6 Å². The number of ketones is 1. The maximum atomic E-state index is 14.5. The third-order valence-electron chi connectivity index (χ3n) is 8.38. The fourth-order valence-electron chi connectivity index (χ4n) is 5.59. The Morgan fingerprint density at radius 1 is 0.918 bits per heavy atom. The molecular formula is C37H38FN3O8. The van der Waals surface area contributed by atoms with Crippen LogP contribution in [0.25, 0.3) is 0 Å². The fraction of sp³-hybridized carbons (Fsp3) is 0.324. The van der Waals surface area contributed by atoms with E-state index in [1.165, 1.54) is 48.4 Å². The molecule has 2 heterocycles. The number of hydrogen-bond acceptors (Lipinski definition) is 9. The Hall–Kier alpha value is -5.36. The number of esters is 2. The molecule has 256 valence electrons. The molecule has 0 saturated carbocycles. The number of methoxy groups -OCH3 is 1. The number of halogens is 1. The molecule has 2 aliphatic rings. The van der Waals surface area contributed by atoms with E-state index in [1.807, 2.05) is 0 Å². The smallest absolute Gasteiger partial charge is 0.336 e. The van der Waals surface area contributed by atoms with Crippen LogP contribution in [0.4, 0.5) is 15.8 Å². The lowest BCUT2D eigenvalue weighted by atomic mass is 9.89. The summed E-state index contributed by atoms with van der Waals surface area (Å²) in [5.41, 5.74) is 0.0739. The number of likely N-dealkylation sites (tertiary alicyclic amines) is 1. The van der Waals surface area contributed by atoms with Crippen molar-refractivity contribution in [3.05, 3.63) is 89.8 Å². The summed E-state index contributed by atoms with van der Waals surface area (Å²) in [6, 6.07) is 15.4. The van der Waals surface area contributed by atoms with Crippen LogP contribution in [0.5, 0.6) is 17.2 Å². The van der Waals surface area contributed by atoms with Crippen molar-refractivity contribution in [2.24, 2.45) is 11.3 Å². The quantitative estimate of drug-likeness (QED) is 0.179. The SMILES string of the molecule is COc1ccccc1N(CCN1CCC(C(=O)c2ccc(F)cc2)CC1)C(=O)c1ccc(NC(=O)C(C)(C)C)c2c1OC(=O)/C=C/C(=O)O2. The Bertz CT molecular complexity index is 1790. The third kappa shape index (κ3) is 8.21. The average Bonchev–Trinajstić information content (AvgIpc) is 3.08. The first kappa shape index (κ1) is 35.0. The number of amides is 2. The number of para-hydroxylation sites is 2. The van der Waals surface area contributed by atoms with Crippen molar-refractivity contribution in [1.82, 2.24) is 4.90 Å². The summed E-state index contributed by atoms with van der Waals surface area (Å²) >= 11 is 0. The maximum absolute atomic E-state index is 14.5. The molecule has 2 aliphatic heterocycles. The van der Waals surface area contributed by atoms with E-state index in [4.69, 9.17) is 14.2 Å². The zero-order valence-electron chi connectivity index (χ0n) is 27.8. The van der Waals surface area contributed by atoms with Crippen molar-refractivity contribution in [1.29, 1.82) is 0 Å². The summed E-state index contributed by atoms with van der Waals surface area (Å²) in [5.74, 6) is -3.57. The molecule has 0 radical (unpaired) electrons. The van der Waals surface area contributed by atoms with E-state index >= 15 is 0 Å². The number of piperidine rings is 1. The number of hydrogen-bond donors (Lipinski definition) is 1. The summed E-state index contributed by atoms with van der Waals surface area (Å²) in [6.45, 7) is 6.93. The second-order valence-electron chi connectivity index (χ2n) is 12.8. The highest BCUT2D eigenvalue weighted by atomic mass is 19.1. The summed E-state index contributed by atoms with van der Waals surface area (Å²) < 4.78 is 30.0.